The number of anilines is 2. The third-order valence-electron chi connectivity index (χ3n) is 2.99. The van der Waals surface area contributed by atoms with Gasteiger partial charge < -0.3 is 4.90 Å². The predicted octanol–water partition coefficient (Wildman–Crippen LogP) is 0.921. The Balaban J connectivity index is 2.52. The zero-order valence-corrected chi connectivity index (χ0v) is 11.6. The molecule has 104 valence electrons. The number of aromatic nitrogens is 2. The number of nitrogens with one attached hydrogen (secondary N) is 1. The Bertz CT molecular complexity index is 497. The first kappa shape index (κ1) is 13.8. The maximum Gasteiger partial charge on any atom is 0.332 e. The minimum Gasteiger partial charge on any atom is -0.346 e. The van der Waals surface area contributed by atoms with Gasteiger partial charge in [-0.05, 0) is 13.8 Å². The number of hydrogen-bond donors (Lipinski definition) is 2. The van der Waals surface area contributed by atoms with Gasteiger partial charge in [0.25, 0.3) is 0 Å². The molecule has 1 aromatic heterocycles. The summed E-state index contributed by atoms with van der Waals surface area (Å²) in [7, 11) is 0. The van der Waals surface area contributed by atoms with Gasteiger partial charge in [0.2, 0.25) is 11.8 Å². The van der Waals surface area contributed by atoms with Crippen molar-refractivity contribution in [3.05, 3.63) is 15.8 Å². The van der Waals surface area contributed by atoms with Crippen LogP contribution in [0.3, 0.4) is 0 Å². The first-order valence-corrected chi connectivity index (χ1v) is 7.04. The molecule has 9 heteroatoms. The third kappa shape index (κ3) is 2.71. The molecule has 1 saturated heterocycles. The van der Waals surface area contributed by atoms with Gasteiger partial charge in [-0.25, -0.2) is 10.8 Å². The fraction of sp³-hybridized carbons (Fsp3) is 0.600. The molecule has 3 N–H and O–H groups in total. The van der Waals surface area contributed by atoms with Crippen molar-refractivity contribution in [2.45, 2.75) is 19.9 Å². The van der Waals surface area contributed by atoms with E-state index in [4.69, 9.17) is 5.84 Å². The van der Waals surface area contributed by atoms with Crippen molar-refractivity contribution < 1.29 is 4.92 Å². The van der Waals surface area contributed by atoms with Gasteiger partial charge in [-0.2, -0.15) is 16.7 Å². The molecule has 0 amide bonds. The Morgan fingerprint density at radius 3 is 2.89 bits per heavy atom. The van der Waals surface area contributed by atoms with E-state index in [1.54, 1.807) is 6.92 Å². The minimum atomic E-state index is -0.431. The van der Waals surface area contributed by atoms with Gasteiger partial charge in [0.05, 0.1) is 4.92 Å². The van der Waals surface area contributed by atoms with Crippen LogP contribution in [0.15, 0.2) is 0 Å². The molecule has 0 bridgehead atoms. The van der Waals surface area contributed by atoms with Crippen LogP contribution in [0.1, 0.15) is 12.6 Å². The van der Waals surface area contributed by atoms with Crippen molar-refractivity contribution in [1.82, 2.24) is 9.97 Å². The zero-order valence-electron chi connectivity index (χ0n) is 10.8. The number of rotatable bonds is 3. The lowest BCUT2D eigenvalue weighted by Gasteiger charge is -2.33. The second-order valence-corrected chi connectivity index (χ2v) is 5.47. The van der Waals surface area contributed by atoms with Gasteiger partial charge in [-0.1, -0.05) is 0 Å². The molecule has 1 fully saturated rings. The molecule has 1 unspecified atom stereocenters. The molecule has 0 aliphatic carbocycles. The quantitative estimate of drug-likeness (QED) is 0.479. The molecule has 0 aromatic carbocycles. The van der Waals surface area contributed by atoms with Crippen LogP contribution in [0, 0.1) is 17.0 Å². The van der Waals surface area contributed by atoms with Crippen molar-refractivity contribution in [3.8, 4) is 0 Å². The second-order valence-electron chi connectivity index (χ2n) is 4.32. The molecular formula is C10H16N6O2S. The largest absolute Gasteiger partial charge is 0.346 e. The number of hydrazine groups is 1. The highest BCUT2D eigenvalue weighted by atomic mass is 32.2. The van der Waals surface area contributed by atoms with E-state index < -0.39 is 4.92 Å². The van der Waals surface area contributed by atoms with E-state index in [1.807, 2.05) is 23.6 Å². The van der Waals surface area contributed by atoms with Crippen LogP contribution in [0.4, 0.5) is 17.5 Å². The Morgan fingerprint density at radius 2 is 2.32 bits per heavy atom. The lowest BCUT2D eigenvalue weighted by atomic mass is 10.2. The Hall–Kier alpha value is -1.61. The van der Waals surface area contributed by atoms with Gasteiger partial charge >= 0.3 is 5.69 Å². The van der Waals surface area contributed by atoms with Crippen molar-refractivity contribution >= 4 is 29.2 Å². The maximum atomic E-state index is 11.2. The van der Waals surface area contributed by atoms with E-state index in [9.17, 15) is 10.1 Å². The molecule has 1 atom stereocenters. The summed E-state index contributed by atoms with van der Waals surface area (Å²) in [5.41, 5.74) is 2.62. The number of thioether (sulfide) groups is 1. The Kier molecular flexibility index (Phi) is 4.05. The van der Waals surface area contributed by atoms with Crippen molar-refractivity contribution in [3.63, 3.8) is 0 Å². The van der Waals surface area contributed by atoms with Crippen LogP contribution in [-0.4, -0.2) is 39.0 Å². The smallest absolute Gasteiger partial charge is 0.332 e. The highest BCUT2D eigenvalue weighted by Crippen LogP contribution is 2.33. The van der Waals surface area contributed by atoms with Gasteiger partial charge in [0, 0.05) is 24.1 Å². The van der Waals surface area contributed by atoms with Gasteiger partial charge in [-0.3, -0.25) is 15.5 Å². The number of nitrogen functional groups attached to an aromatic ring is 1. The van der Waals surface area contributed by atoms with E-state index in [-0.39, 0.29) is 17.7 Å². The van der Waals surface area contributed by atoms with Gasteiger partial charge in [0.15, 0.2) is 0 Å². The standard InChI is InChI=1S/C10H16N6O2S/c1-6-5-19-4-3-15(6)9-8(16(17)18)7(2)12-10(13-9)14-11/h6H,3-5,11H2,1-2H3,(H,12,13,14). The predicted molar refractivity (Wildman–Crippen MR) is 75.4 cm³/mol. The molecule has 8 nitrogen and oxygen atoms in total. The van der Waals surface area contributed by atoms with Crippen LogP contribution in [-0.2, 0) is 0 Å². The summed E-state index contributed by atoms with van der Waals surface area (Å²) < 4.78 is 0. The topological polar surface area (TPSA) is 110 Å². The summed E-state index contributed by atoms with van der Waals surface area (Å²) in [6, 6.07) is 0.192. The van der Waals surface area contributed by atoms with E-state index in [0.717, 1.165) is 18.1 Å². The van der Waals surface area contributed by atoms with E-state index in [1.165, 1.54) is 0 Å². The highest BCUT2D eigenvalue weighted by molar-refractivity contribution is 7.99. The first-order valence-electron chi connectivity index (χ1n) is 5.88. The summed E-state index contributed by atoms with van der Waals surface area (Å²) in [6.07, 6.45) is 0. The first-order chi connectivity index (χ1) is 9.04. The van der Waals surface area contributed by atoms with Crippen LogP contribution < -0.4 is 16.2 Å². The zero-order chi connectivity index (χ0) is 14.0. The van der Waals surface area contributed by atoms with Gasteiger partial charge in [0.1, 0.15) is 5.69 Å². The van der Waals surface area contributed by atoms with Crippen molar-refractivity contribution in [1.29, 1.82) is 0 Å². The summed E-state index contributed by atoms with van der Waals surface area (Å²) in [5, 5.41) is 11.2. The highest BCUT2D eigenvalue weighted by Gasteiger charge is 2.30. The lowest BCUT2D eigenvalue weighted by molar-refractivity contribution is -0.385. The fourth-order valence-corrected chi connectivity index (χ4v) is 3.09. The summed E-state index contributed by atoms with van der Waals surface area (Å²) in [6.45, 7) is 4.35. The Labute approximate surface area is 114 Å². The van der Waals surface area contributed by atoms with Crippen LogP contribution in [0.5, 0.6) is 0 Å². The molecule has 2 heterocycles. The number of nitrogens with two attached hydrogens (primary N) is 1. The number of aryl methyl sites for hydroxylation is 1. The number of nitrogens with zero attached hydrogens (tertiary/aromatic N) is 4. The summed E-state index contributed by atoms with van der Waals surface area (Å²) in [4.78, 5) is 20.9. The van der Waals surface area contributed by atoms with Crippen LogP contribution in [0.25, 0.3) is 0 Å². The van der Waals surface area contributed by atoms with E-state index in [0.29, 0.717) is 11.5 Å². The third-order valence-corrected chi connectivity index (χ3v) is 4.18. The molecule has 0 radical (unpaired) electrons. The number of hydrogen-bond acceptors (Lipinski definition) is 8. The van der Waals surface area contributed by atoms with Crippen molar-refractivity contribution in [2.75, 3.05) is 28.4 Å². The van der Waals surface area contributed by atoms with E-state index in [2.05, 4.69) is 15.4 Å². The lowest BCUT2D eigenvalue weighted by Crippen LogP contribution is -2.41. The minimum absolute atomic E-state index is 0.0437. The van der Waals surface area contributed by atoms with Crippen LogP contribution >= 0.6 is 11.8 Å². The Morgan fingerprint density at radius 1 is 1.58 bits per heavy atom. The summed E-state index contributed by atoms with van der Waals surface area (Å²) in [5.74, 6) is 7.70. The number of nitro groups is 1. The fourth-order valence-electron chi connectivity index (χ4n) is 2.07. The molecule has 1 aliphatic rings. The normalized spacial score (nSPS) is 19.3. The van der Waals surface area contributed by atoms with Crippen molar-refractivity contribution in [2.24, 2.45) is 5.84 Å². The maximum absolute atomic E-state index is 11.2. The molecule has 2 rings (SSSR count). The molecule has 0 spiro atoms. The molecule has 0 saturated carbocycles. The molecule has 1 aromatic rings. The average Bonchev–Trinajstić information content (AvgIpc) is 2.37. The van der Waals surface area contributed by atoms with Crippen LogP contribution in [0.2, 0.25) is 0 Å². The monoisotopic (exact) mass is 284 g/mol. The SMILES string of the molecule is Cc1nc(NN)nc(N2CCSCC2C)c1[N+](=O)[O-]. The summed E-state index contributed by atoms with van der Waals surface area (Å²) >= 11 is 1.83. The van der Waals surface area contributed by atoms with Gasteiger partial charge in [-0.15, -0.1) is 0 Å². The molecule has 1 aliphatic heterocycles. The average molecular weight is 284 g/mol. The van der Waals surface area contributed by atoms with E-state index >= 15 is 0 Å². The second kappa shape index (κ2) is 5.57. The molecule has 19 heavy (non-hydrogen) atoms. The molecular weight excluding hydrogens is 268 g/mol.